The lowest BCUT2D eigenvalue weighted by molar-refractivity contribution is 0.0383. The zero-order chi connectivity index (χ0) is 27.1. The van der Waals surface area contributed by atoms with Crippen molar-refractivity contribution in [2.24, 2.45) is 0 Å². The zero-order valence-electron chi connectivity index (χ0n) is 22.0. The minimum atomic E-state index is -1.67. The Labute approximate surface area is 233 Å². The fraction of sp³-hybridized carbons (Fsp3) is 0.423. The Morgan fingerprint density at radius 3 is 2.38 bits per heavy atom. The molecule has 1 aliphatic carbocycles. The van der Waals surface area contributed by atoms with Crippen molar-refractivity contribution in [3.63, 3.8) is 0 Å². The number of aryl methyl sites for hydroxylation is 2. The molecule has 13 heteroatoms. The maximum atomic E-state index is 14.4. The first kappa shape index (κ1) is 25.8. The second kappa shape index (κ2) is 10.3. The van der Waals surface area contributed by atoms with Gasteiger partial charge in [0, 0.05) is 23.5 Å². The first-order valence-corrected chi connectivity index (χ1v) is 14.9. The van der Waals surface area contributed by atoms with Crippen LogP contribution in [0.5, 0.6) is 5.75 Å². The summed E-state index contributed by atoms with van der Waals surface area (Å²) in [6.07, 6.45) is 3.97. The van der Waals surface area contributed by atoms with Crippen LogP contribution in [-0.4, -0.2) is 55.7 Å². The number of methoxy groups -OCH3 is 1. The molecule has 0 spiro atoms. The molecule has 204 valence electrons. The molecule has 1 aromatic carbocycles. The summed E-state index contributed by atoms with van der Waals surface area (Å²) >= 11 is 2.94. The largest absolute Gasteiger partial charge is 0.497 e. The third-order valence-electron chi connectivity index (χ3n) is 6.93. The smallest absolute Gasteiger partial charge is 0.282 e. The summed E-state index contributed by atoms with van der Waals surface area (Å²) in [6.45, 7) is 5.07. The van der Waals surface area contributed by atoms with Crippen LogP contribution < -0.4 is 25.9 Å². The molecule has 3 N–H and O–H groups in total. The van der Waals surface area contributed by atoms with E-state index < -0.39 is 5.72 Å². The Bertz CT molecular complexity index is 1560. The molecular formula is C26H30N8O3S2. The number of fused-ring (bicyclic) bond motifs is 4. The molecule has 0 unspecified atom stereocenters. The van der Waals surface area contributed by atoms with Crippen LogP contribution >= 0.6 is 23.1 Å². The Morgan fingerprint density at radius 1 is 1.03 bits per heavy atom. The summed E-state index contributed by atoms with van der Waals surface area (Å²) in [5.74, 6) is 1.66. The van der Waals surface area contributed by atoms with Crippen molar-refractivity contribution < 1.29 is 9.84 Å². The van der Waals surface area contributed by atoms with Crippen LogP contribution in [0.15, 0.2) is 34.2 Å². The number of thioether (sulfide) groups is 1. The average Bonchev–Trinajstić information content (AvgIpc) is 3.32. The molecule has 39 heavy (non-hydrogen) atoms. The lowest BCUT2D eigenvalue weighted by Crippen LogP contribution is -2.58. The van der Waals surface area contributed by atoms with Gasteiger partial charge >= 0.3 is 0 Å². The molecule has 0 saturated carbocycles. The van der Waals surface area contributed by atoms with Gasteiger partial charge in [-0.25, -0.2) is 9.99 Å². The van der Waals surface area contributed by atoms with Crippen molar-refractivity contribution in [3.8, 4) is 5.75 Å². The molecule has 4 heterocycles. The van der Waals surface area contributed by atoms with E-state index in [1.807, 2.05) is 13.8 Å². The Balaban J connectivity index is 1.62. The highest BCUT2D eigenvalue weighted by atomic mass is 32.2. The van der Waals surface area contributed by atoms with Crippen LogP contribution in [-0.2, 0) is 18.6 Å². The number of nitrogens with one attached hydrogen (secondary N) is 2. The van der Waals surface area contributed by atoms with Crippen molar-refractivity contribution in [1.82, 2.24) is 24.6 Å². The number of hydrogen-bond acceptors (Lipinski definition) is 12. The van der Waals surface area contributed by atoms with Gasteiger partial charge in [0.1, 0.15) is 10.6 Å². The van der Waals surface area contributed by atoms with Gasteiger partial charge in [-0.3, -0.25) is 4.79 Å². The van der Waals surface area contributed by atoms with Crippen molar-refractivity contribution >= 4 is 51.2 Å². The average molecular weight is 567 g/mol. The van der Waals surface area contributed by atoms with Gasteiger partial charge in [0.05, 0.1) is 18.2 Å². The fourth-order valence-electron chi connectivity index (χ4n) is 5.09. The van der Waals surface area contributed by atoms with Crippen molar-refractivity contribution in [2.75, 3.05) is 41.6 Å². The van der Waals surface area contributed by atoms with Crippen LogP contribution in [0.2, 0.25) is 0 Å². The molecule has 0 amide bonds. The van der Waals surface area contributed by atoms with E-state index in [0.29, 0.717) is 46.8 Å². The molecule has 3 aromatic heterocycles. The van der Waals surface area contributed by atoms with E-state index in [1.54, 1.807) is 42.7 Å². The third kappa shape index (κ3) is 4.38. The van der Waals surface area contributed by atoms with Gasteiger partial charge in [0.25, 0.3) is 11.5 Å². The van der Waals surface area contributed by atoms with Gasteiger partial charge in [-0.2, -0.15) is 19.6 Å². The fourth-order valence-corrected chi connectivity index (χ4v) is 7.46. The molecule has 2 aliphatic rings. The predicted octanol–water partition coefficient (Wildman–Crippen LogP) is 3.61. The van der Waals surface area contributed by atoms with Crippen molar-refractivity contribution in [1.29, 1.82) is 0 Å². The van der Waals surface area contributed by atoms with Crippen LogP contribution in [0.1, 0.15) is 42.7 Å². The highest BCUT2D eigenvalue weighted by Crippen LogP contribution is 2.42. The van der Waals surface area contributed by atoms with E-state index in [0.717, 1.165) is 36.1 Å². The monoisotopic (exact) mass is 566 g/mol. The number of rotatable bonds is 7. The van der Waals surface area contributed by atoms with E-state index >= 15 is 0 Å². The molecular weight excluding hydrogens is 536 g/mol. The summed E-state index contributed by atoms with van der Waals surface area (Å²) in [5.41, 5.74) is -0.261. The first-order valence-electron chi connectivity index (χ1n) is 13.1. The second-order valence-corrected chi connectivity index (χ2v) is 11.4. The van der Waals surface area contributed by atoms with Crippen LogP contribution in [0, 0.1) is 0 Å². The molecule has 0 saturated heterocycles. The Morgan fingerprint density at radius 2 is 1.72 bits per heavy atom. The van der Waals surface area contributed by atoms with Gasteiger partial charge in [-0.1, -0.05) is 23.9 Å². The Kier molecular flexibility index (Phi) is 6.81. The number of thiophene rings is 1. The van der Waals surface area contributed by atoms with E-state index in [2.05, 4.69) is 25.6 Å². The highest BCUT2D eigenvalue weighted by Gasteiger charge is 2.46. The third-order valence-corrected chi connectivity index (χ3v) is 9.18. The second-order valence-electron chi connectivity index (χ2n) is 9.39. The summed E-state index contributed by atoms with van der Waals surface area (Å²) in [4.78, 5) is 35.0. The molecule has 11 nitrogen and oxygen atoms in total. The molecule has 0 radical (unpaired) electrons. The number of anilines is 3. The quantitative estimate of drug-likeness (QED) is 0.284. The van der Waals surface area contributed by atoms with Gasteiger partial charge in [0.2, 0.25) is 11.9 Å². The van der Waals surface area contributed by atoms with E-state index in [-0.39, 0.29) is 17.3 Å². The standard InChI is InChI=1S/C26H30N8O3S2/c1-4-27-22-30-23(28-5-2)32-24(31-22)34-26(36,15-10-12-16(37-3)13-11-15)14-38-25-29-20-19(21(35)33(25)34)17-8-6-7-9-18(17)39-20/h10-13,36H,4-9,14H2,1-3H3,(H2,27,28,30,31,32)/t26-/m1/s1. The number of hydrogen-bond donors (Lipinski definition) is 3. The minimum absolute atomic E-state index is 0.129. The van der Waals surface area contributed by atoms with Gasteiger partial charge < -0.3 is 20.5 Å². The molecule has 0 bridgehead atoms. The van der Waals surface area contributed by atoms with Crippen LogP contribution in [0.4, 0.5) is 17.8 Å². The zero-order valence-corrected chi connectivity index (χ0v) is 23.7. The van der Waals surface area contributed by atoms with Crippen LogP contribution in [0.25, 0.3) is 10.2 Å². The Hall–Kier alpha value is -3.42. The van der Waals surface area contributed by atoms with Gasteiger partial charge in [0.15, 0.2) is 10.9 Å². The van der Waals surface area contributed by atoms with E-state index in [9.17, 15) is 9.90 Å². The number of aromatic nitrogens is 5. The topological polar surface area (TPSA) is 130 Å². The number of nitrogens with zero attached hydrogens (tertiary/aromatic N) is 6. The van der Waals surface area contributed by atoms with E-state index in [1.165, 1.54) is 26.3 Å². The lowest BCUT2D eigenvalue weighted by atomic mass is 9.97. The van der Waals surface area contributed by atoms with Gasteiger partial charge in [-0.15, -0.1) is 11.3 Å². The summed E-state index contributed by atoms with van der Waals surface area (Å²) in [5, 5.41) is 21.3. The molecule has 0 fully saturated rings. The molecule has 4 aromatic rings. The number of benzene rings is 1. The van der Waals surface area contributed by atoms with E-state index in [4.69, 9.17) is 9.72 Å². The van der Waals surface area contributed by atoms with Crippen molar-refractivity contribution in [2.45, 2.75) is 50.4 Å². The molecule has 1 atom stereocenters. The van der Waals surface area contributed by atoms with Crippen LogP contribution in [0.3, 0.4) is 0 Å². The lowest BCUT2D eigenvalue weighted by Gasteiger charge is -2.43. The summed E-state index contributed by atoms with van der Waals surface area (Å²) in [7, 11) is 1.59. The SMILES string of the molecule is CCNc1nc(NCC)nc(N2n3c(nc4sc5c(c4c3=O)CCCC5)SC[C@@]2(O)c2ccc(OC)cc2)n1. The summed E-state index contributed by atoms with van der Waals surface area (Å²) < 4.78 is 6.79. The minimum Gasteiger partial charge on any atom is -0.497 e. The normalized spacial score (nSPS) is 18.5. The molecule has 6 rings (SSSR count). The molecule has 1 aliphatic heterocycles. The first-order chi connectivity index (χ1) is 19.0. The van der Waals surface area contributed by atoms with Gasteiger partial charge in [-0.05, 0) is 57.2 Å². The highest BCUT2D eigenvalue weighted by molar-refractivity contribution is 7.99. The number of aliphatic hydroxyl groups is 1. The maximum Gasteiger partial charge on any atom is 0.282 e. The van der Waals surface area contributed by atoms with Crippen molar-refractivity contribution in [3.05, 3.63) is 50.6 Å². The predicted molar refractivity (Wildman–Crippen MR) is 154 cm³/mol. The number of ether oxygens (including phenoxy) is 1. The maximum absolute atomic E-state index is 14.4. The summed E-state index contributed by atoms with van der Waals surface area (Å²) in [6, 6.07) is 7.15.